The number of carbonyl (C=O) groups is 1. The summed E-state index contributed by atoms with van der Waals surface area (Å²) < 4.78 is 0. The summed E-state index contributed by atoms with van der Waals surface area (Å²) in [7, 11) is 0. The van der Waals surface area contributed by atoms with Gasteiger partial charge in [-0.05, 0) is 27.7 Å². The summed E-state index contributed by atoms with van der Waals surface area (Å²) in [6, 6.07) is 2.25. The van der Waals surface area contributed by atoms with Crippen LogP contribution in [0.2, 0.25) is 0 Å². The highest BCUT2D eigenvalue weighted by Crippen LogP contribution is 2.05. The van der Waals surface area contributed by atoms with Gasteiger partial charge in [-0.3, -0.25) is 0 Å². The van der Waals surface area contributed by atoms with Crippen LogP contribution in [0.15, 0.2) is 0 Å². The van der Waals surface area contributed by atoms with E-state index >= 15 is 0 Å². The fraction of sp³-hybridized carbons (Fsp3) is 0.818. The number of rotatable bonds is 5. The Balaban J connectivity index is 4.47. The van der Waals surface area contributed by atoms with E-state index in [0.29, 0.717) is 26.1 Å². The molecule has 0 atom stereocenters. The molecule has 0 bridgehead atoms. The lowest BCUT2D eigenvalue weighted by Crippen LogP contribution is -2.46. The number of amides is 2. The van der Waals surface area contributed by atoms with Crippen molar-refractivity contribution in [2.24, 2.45) is 0 Å². The van der Waals surface area contributed by atoms with Crippen LogP contribution < -0.4 is 0 Å². The average molecular weight is 211 g/mol. The topological polar surface area (TPSA) is 47.3 Å². The molecule has 0 aromatic rings. The van der Waals surface area contributed by atoms with E-state index < -0.39 is 0 Å². The minimum Gasteiger partial charge on any atom is -0.325 e. The summed E-state index contributed by atoms with van der Waals surface area (Å²) in [5.74, 6) is 0. The smallest absolute Gasteiger partial charge is 0.320 e. The van der Waals surface area contributed by atoms with Gasteiger partial charge in [0.05, 0.1) is 12.5 Å². The molecule has 4 nitrogen and oxygen atoms in total. The van der Waals surface area contributed by atoms with Gasteiger partial charge in [-0.2, -0.15) is 5.26 Å². The summed E-state index contributed by atoms with van der Waals surface area (Å²) in [6.07, 6.45) is 0.394. The van der Waals surface area contributed by atoms with E-state index in [-0.39, 0.29) is 12.1 Å². The van der Waals surface area contributed by atoms with Gasteiger partial charge in [0.15, 0.2) is 0 Å². The molecule has 0 unspecified atom stereocenters. The Kier molecular flexibility index (Phi) is 6.52. The lowest BCUT2D eigenvalue weighted by atomic mass is 10.3. The molecule has 0 aliphatic carbocycles. The SMILES string of the molecule is CCN(CC)C(=O)N(CCC#N)C(C)C. The monoisotopic (exact) mass is 211 g/mol. The van der Waals surface area contributed by atoms with Crippen molar-refractivity contribution >= 4 is 6.03 Å². The Morgan fingerprint density at radius 2 is 1.87 bits per heavy atom. The van der Waals surface area contributed by atoms with Crippen LogP contribution in [0.25, 0.3) is 0 Å². The zero-order chi connectivity index (χ0) is 11.8. The number of urea groups is 1. The average Bonchev–Trinajstić information content (AvgIpc) is 2.19. The highest BCUT2D eigenvalue weighted by atomic mass is 16.2. The van der Waals surface area contributed by atoms with Gasteiger partial charge in [-0.25, -0.2) is 4.79 Å². The molecule has 4 heteroatoms. The maximum atomic E-state index is 12.0. The third-order valence-corrected chi connectivity index (χ3v) is 2.37. The molecule has 0 spiro atoms. The van der Waals surface area contributed by atoms with Gasteiger partial charge in [0, 0.05) is 25.7 Å². The molecule has 0 radical (unpaired) electrons. The molecule has 0 rings (SSSR count). The molecule has 0 aliphatic rings. The number of nitriles is 1. The van der Waals surface area contributed by atoms with Crippen molar-refractivity contribution < 1.29 is 4.79 Å². The lowest BCUT2D eigenvalue weighted by Gasteiger charge is -2.31. The van der Waals surface area contributed by atoms with Crippen LogP contribution in [0, 0.1) is 11.3 Å². The molecule has 0 saturated carbocycles. The first-order valence-corrected chi connectivity index (χ1v) is 5.50. The molecule has 0 aromatic carbocycles. The Labute approximate surface area is 92.5 Å². The lowest BCUT2D eigenvalue weighted by molar-refractivity contribution is 0.145. The van der Waals surface area contributed by atoms with E-state index in [1.807, 2.05) is 27.7 Å². The van der Waals surface area contributed by atoms with Gasteiger partial charge < -0.3 is 9.80 Å². The van der Waals surface area contributed by atoms with Crippen molar-refractivity contribution in [3.8, 4) is 6.07 Å². The van der Waals surface area contributed by atoms with Crippen molar-refractivity contribution in [2.75, 3.05) is 19.6 Å². The van der Waals surface area contributed by atoms with E-state index in [2.05, 4.69) is 6.07 Å². The van der Waals surface area contributed by atoms with Crippen LogP contribution in [0.5, 0.6) is 0 Å². The highest BCUT2D eigenvalue weighted by Gasteiger charge is 2.20. The standard InChI is InChI=1S/C11H21N3O/c1-5-13(6-2)11(15)14(10(3)4)9-7-8-12/h10H,5-7,9H2,1-4H3. The van der Waals surface area contributed by atoms with Gasteiger partial charge in [0.2, 0.25) is 0 Å². The first-order valence-electron chi connectivity index (χ1n) is 5.50. The van der Waals surface area contributed by atoms with Crippen molar-refractivity contribution in [1.29, 1.82) is 5.26 Å². The quantitative estimate of drug-likeness (QED) is 0.699. The maximum absolute atomic E-state index is 12.0. The Morgan fingerprint density at radius 3 is 2.20 bits per heavy atom. The minimum atomic E-state index is 0.0326. The van der Waals surface area contributed by atoms with Crippen LogP contribution in [-0.4, -0.2) is 41.5 Å². The fourth-order valence-corrected chi connectivity index (χ4v) is 1.42. The Bertz CT molecular complexity index is 228. The van der Waals surface area contributed by atoms with E-state index in [0.717, 1.165) is 0 Å². The summed E-state index contributed by atoms with van der Waals surface area (Å²) in [5.41, 5.74) is 0. The summed E-state index contributed by atoms with van der Waals surface area (Å²) >= 11 is 0. The van der Waals surface area contributed by atoms with E-state index in [4.69, 9.17) is 5.26 Å². The largest absolute Gasteiger partial charge is 0.325 e. The van der Waals surface area contributed by atoms with Crippen molar-refractivity contribution in [3.63, 3.8) is 0 Å². The molecule has 0 heterocycles. The number of carbonyl (C=O) groups excluding carboxylic acids is 1. The molecule has 0 N–H and O–H groups in total. The van der Waals surface area contributed by atoms with Crippen LogP contribution >= 0.6 is 0 Å². The second-order valence-corrected chi connectivity index (χ2v) is 3.65. The number of nitrogens with zero attached hydrogens (tertiary/aromatic N) is 3. The summed E-state index contributed by atoms with van der Waals surface area (Å²) in [4.78, 5) is 15.5. The summed E-state index contributed by atoms with van der Waals surface area (Å²) in [6.45, 7) is 9.81. The molecule has 0 aromatic heterocycles. The van der Waals surface area contributed by atoms with Crippen molar-refractivity contribution in [1.82, 2.24) is 9.80 Å². The Morgan fingerprint density at radius 1 is 1.33 bits per heavy atom. The molecule has 15 heavy (non-hydrogen) atoms. The first kappa shape index (κ1) is 13.8. The molecule has 0 aliphatic heterocycles. The van der Waals surface area contributed by atoms with Crippen molar-refractivity contribution in [2.45, 2.75) is 40.2 Å². The molecule has 0 saturated heterocycles. The van der Waals surface area contributed by atoms with Gasteiger partial charge in [-0.15, -0.1) is 0 Å². The van der Waals surface area contributed by atoms with Crippen LogP contribution in [0.4, 0.5) is 4.79 Å². The number of hydrogen-bond acceptors (Lipinski definition) is 2. The predicted octanol–water partition coefficient (Wildman–Crippen LogP) is 2.07. The van der Waals surface area contributed by atoms with Crippen LogP contribution in [0.1, 0.15) is 34.1 Å². The summed E-state index contributed by atoms with van der Waals surface area (Å²) in [5, 5.41) is 8.53. The molecule has 86 valence electrons. The van der Waals surface area contributed by atoms with Gasteiger partial charge >= 0.3 is 6.03 Å². The zero-order valence-electron chi connectivity index (χ0n) is 10.2. The Hall–Kier alpha value is -1.24. The second kappa shape index (κ2) is 7.10. The van der Waals surface area contributed by atoms with Crippen molar-refractivity contribution in [3.05, 3.63) is 0 Å². The second-order valence-electron chi connectivity index (χ2n) is 3.65. The molecular weight excluding hydrogens is 190 g/mol. The molecular formula is C11H21N3O. The van der Waals surface area contributed by atoms with Crippen LogP contribution in [0.3, 0.4) is 0 Å². The van der Waals surface area contributed by atoms with E-state index in [1.165, 1.54) is 0 Å². The maximum Gasteiger partial charge on any atom is 0.320 e. The number of hydrogen-bond donors (Lipinski definition) is 0. The highest BCUT2D eigenvalue weighted by molar-refractivity contribution is 5.74. The third-order valence-electron chi connectivity index (χ3n) is 2.37. The molecule has 0 fully saturated rings. The predicted molar refractivity (Wildman–Crippen MR) is 60.4 cm³/mol. The fourth-order valence-electron chi connectivity index (χ4n) is 1.42. The van der Waals surface area contributed by atoms with E-state index in [9.17, 15) is 4.79 Å². The third kappa shape index (κ3) is 4.20. The van der Waals surface area contributed by atoms with E-state index in [1.54, 1.807) is 9.80 Å². The van der Waals surface area contributed by atoms with Gasteiger partial charge in [-0.1, -0.05) is 0 Å². The molecule has 2 amide bonds. The van der Waals surface area contributed by atoms with Crippen LogP contribution in [-0.2, 0) is 0 Å². The zero-order valence-corrected chi connectivity index (χ0v) is 10.2. The normalized spacial score (nSPS) is 9.87. The van der Waals surface area contributed by atoms with Gasteiger partial charge in [0.25, 0.3) is 0 Å². The minimum absolute atomic E-state index is 0.0326. The first-order chi connectivity index (χ1) is 7.08. The van der Waals surface area contributed by atoms with Gasteiger partial charge in [0.1, 0.15) is 0 Å².